The molecule has 19 heavy (non-hydrogen) atoms. The van der Waals surface area contributed by atoms with Crippen LogP contribution in [0.15, 0.2) is 12.1 Å². The molecule has 1 heterocycles. The lowest BCUT2D eigenvalue weighted by Crippen LogP contribution is -2.22. The zero-order chi connectivity index (χ0) is 14.0. The average Bonchev–Trinajstić information content (AvgIpc) is 2.69. The molecule has 0 spiro atoms. The van der Waals surface area contributed by atoms with Gasteiger partial charge in [-0.3, -0.25) is 9.59 Å². The summed E-state index contributed by atoms with van der Waals surface area (Å²) in [7, 11) is 0. The Morgan fingerprint density at radius 1 is 1.58 bits per heavy atom. The molecule has 1 atom stereocenters. The quantitative estimate of drug-likeness (QED) is 0.786. The summed E-state index contributed by atoms with van der Waals surface area (Å²) < 4.78 is 0. The third-order valence-corrected chi connectivity index (χ3v) is 3.44. The van der Waals surface area contributed by atoms with Gasteiger partial charge in [0.2, 0.25) is 11.8 Å². The third-order valence-electron chi connectivity index (χ3n) is 3.12. The number of nitrogens with two attached hydrogens (primary N) is 1. The van der Waals surface area contributed by atoms with Crippen LogP contribution >= 0.6 is 11.6 Å². The van der Waals surface area contributed by atoms with Crippen LogP contribution in [0.5, 0.6) is 0 Å². The van der Waals surface area contributed by atoms with Crippen molar-refractivity contribution in [3.05, 3.63) is 22.7 Å². The summed E-state index contributed by atoms with van der Waals surface area (Å²) in [5.74, 6) is -0.357. The van der Waals surface area contributed by atoms with Crippen LogP contribution in [0.4, 0.5) is 11.4 Å². The van der Waals surface area contributed by atoms with Gasteiger partial charge in [-0.15, -0.1) is 0 Å². The van der Waals surface area contributed by atoms with E-state index in [0.29, 0.717) is 35.8 Å². The molecule has 1 aromatic carbocycles. The molecule has 2 amide bonds. The molecule has 1 aromatic rings. The summed E-state index contributed by atoms with van der Waals surface area (Å²) >= 11 is 6.09. The highest BCUT2D eigenvalue weighted by molar-refractivity contribution is 6.34. The molecule has 0 saturated carbocycles. The van der Waals surface area contributed by atoms with E-state index >= 15 is 0 Å². The van der Waals surface area contributed by atoms with Crippen molar-refractivity contribution < 1.29 is 9.59 Å². The fraction of sp³-hybridized carbons (Fsp3) is 0.385. The topological polar surface area (TPSA) is 84.2 Å². The summed E-state index contributed by atoms with van der Waals surface area (Å²) in [4.78, 5) is 23.2. The molecule has 0 radical (unpaired) electrons. The Balaban J connectivity index is 2.16. The largest absolute Gasteiger partial charge is 0.330 e. The summed E-state index contributed by atoms with van der Waals surface area (Å²) in [5, 5.41) is 5.89. The molecule has 4 N–H and O–H groups in total. The highest BCUT2D eigenvalue weighted by atomic mass is 35.5. The molecular formula is C13H16ClN3O2. The Hall–Kier alpha value is -1.59. The minimum atomic E-state index is -0.172. The van der Waals surface area contributed by atoms with E-state index in [4.69, 9.17) is 17.3 Å². The SMILES string of the molecule is CC(CCN)C(=O)Nc1cc2c(cc1Cl)NC(=O)C2. The number of carbonyl (C=O) groups excluding carboxylic acids is 2. The van der Waals surface area contributed by atoms with E-state index in [1.807, 2.05) is 6.92 Å². The fourth-order valence-electron chi connectivity index (χ4n) is 1.98. The van der Waals surface area contributed by atoms with Crippen LogP contribution in [-0.2, 0) is 16.0 Å². The first-order valence-corrected chi connectivity index (χ1v) is 6.52. The van der Waals surface area contributed by atoms with E-state index in [0.717, 1.165) is 5.56 Å². The van der Waals surface area contributed by atoms with E-state index in [-0.39, 0.29) is 17.7 Å². The first-order chi connectivity index (χ1) is 9.01. The summed E-state index contributed by atoms with van der Waals surface area (Å²) in [6.45, 7) is 2.28. The Morgan fingerprint density at radius 3 is 3.00 bits per heavy atom. The van der Waals surface area contributed by atoms with Crippen molar-refractivity contribution in [1.82, 2.24) is 0 Å². The lowest BCUT2D eigenvalue weighted by molar-refractivity contribution is -0.119. The molecule has 102 valence electrons. The number of halogens is 1. The highest BCUT2D eigenvalue weighted by Crippen LogP contribution is 2.33. The van der Waals surface area contributed by atoms with Crippen LogP contribution in [0.2, 0.25) is 5.02 Å². The van der Waals surface area contributed by atoms with Gasteiger partial charge in [-0.25, -0.2) is 0 Å². The van der Waals surface area contributed by atoms with Gasteiger partial charge in [-0.1, -0.05) is 18.5 Å². The van der Waals surface area contributed by atoms with Gasteiger partial charge in [-0.05, 0) is 30.7 Å². The highest BCUT2D eigenvalue weighted by Gasteiger charge is 2.21. The van der Waals surface area contributed by atoms with Crippen LogP contribution in [0.1, 0.15) is 18.9 Å². The molecule has 0 fully saturated rings. The zero-order valence-electron chi connectivity index (χ0n) is 10.6. The number of fused-ring (bicyclic) bond motifs is 1. The van der Waals surface area contributed by atoms with Crippen molar-refractivity contribution in [1.29, 1.82) is 0 Å². The van der Waals surface area contributed by atoms with Gasteiger partial charge in [0.25, 0.3) is 0 Å². The first kappa shape index (κ1) is 13.8. The van der Waals surface area contributed by atoms with Gasteiger partial charge >= 0.3 is 0 Å². The number of rotatable bonds is 4. The van der Waals surface area contributed by atoms with Crippen LogP contribution in [0, 0.1) is 5.92 Å². The lowest BCUT2D eigenvalue weighted by Gasteiger charge is -2.13. The van der Waals surface area contributed by atoms with Gasteiger partial charge in [0.1, 0.15) is 0 Å². The molecule has 1 aliphatic heterocycles. The Labute approximate surface area is 116 Å². The lowest BCUT2D eigenvalue weighted by atomic mass is 10.1. The molecule has 0 bridgehead atoms. The van der Waals surface area contributed by atoms with Crippen LogP contribution in [0.3, 0.4) is 0 Å². The second kappa shape index (κ2) is 5.59. The number of nitrogens with one attached hydrogen (secondary N) is 2. The van der Waals surface area contributed by atoms with Crippen molar-refractivity contribution in [2.45, 2.75) is 19.8 Å². The normalized spacial score (nSPS) is 14.8. The Morgan fingerprint density at radius 2 is 2.32 bits per heavy atom. The molecule has 6 heteroatoms. The van der Waals surface area contributed by atoms with E-state index in [2.05, 4.69) is 10.6 Å². The smallest absolute Gasteiger partial charge is 0.228 e. The van der Waals surface area contributed by atoms with Crippen molar-refractivity contribution >= 4 is 34.8 Å². The van der Waals surface area contributed by atoms with Gasteiger partial charge in [-0.2, -0.15) is 0 Å². The maximum atomic E-state index is 11.9. The fourth-order valence-corrected chi connectivity index (χ4v) is 2.19. The van der Waals surface area contributed by atoms with Gasteiger partial charge < -0.3 is 16.4 Å². The van der Waals surface area contributed by atoms with Crippen molar-refractivity contribution in [2.24, 2.45) is 11.7 Å². The molecule has 1 aliphatic rings. The molecule has 5 nitrogen and oxygen atoms in total. The van der Waals surface area contributed by atoms with Crippen molar-refractivity contribution in [3.63, 3.8) is 0 Å². The van der Waals surface area contributed by atoms with Gasteiger partial charge in [0, 0.05) is 11.6 Å². The maximum Gasteiger partial charge on any atom is 0.228 e. The average molecular weight is 282 g/mol. The maximum absolute atomic E-state index is 11.9. The summed E-state index contributed by atoms with van der Waals surface area (Å²) in [6.07, 6.45) is 0.933. The monoisotopic (exact) mass is 281 g/mol. The second-order valence-corrected chi connectivity index (χ2v) is 5.09. The van der Waals surface area contributed by atoms with Gasteiger partial charge in [0.15, 0.2) is 0 Å². The number of carbonyl (C=O) groups is 2. The number of hydrogen-bond donors (Lipinski definition) is 3. The second-order valence-electron chi connectivity index (χ2n) is 4.68. The number of amides is 2. The predicted molar refractivity (Wildman–Crippen MR) is 75.3 cm³/mol. The molecule has 0 saturated heterocycles. The standard InChI is InChI=1S/C13H16ClN3O2/c1-7(2-3-15)13(19)17-11-4-8-5-12(18)16-10(8)6-9(11)14/h4,6-7H,2-3,5,15H2,1H3,(H,16,18)(H,17,19). The Kier molecular flexibility index (Phi) is 4.07. The number of benzene rings is 1. The van der Waals surface area contributed by atoms with Crippen molar-refractivity contribution in [2.75, 3.05) is 17.2 Å². The molecule has 2 rings (SSSR count). The molecule has 0 aliphatic carbocycles. The van der Waals surface area contributed by atoms with Crippen LogP contribution in [0.25, 0.3) is 0 Å². The number of anilines is 2. The van der Waals surface area contributed by atoms with Crippen molar-refractivity contribution in [3.8, 4) is 0 Å². The van der Waals surface area contributed by atoms with E-state index < -0.39 is 0 Å². The van der Waals surface area contributed by atoms with E-state index in [9.17, 15) is 9.59 Å². The number of hydrogen-bond acceptors (Lipinski definition) is 3. The van der Waals surface area contributed by atoms with Crippen LogP contribution < -0.4 is 16.4 Å². The third kappa shape index (κ3) is 3.05. The van der Waals surface area contributed by atoms with E-state index in [1.165, 1.54) is 0 Å². The minimum Gasteiger partial charge on any atom is -0.330 e. The summed E-state index contributed by atoms with van der Waals surface area (Å²) in [5.41, 5.74) is 7.52. The minimum absolute atomic E-state index is 0.0638. The van der Waals surface area contributed by atoms with E-state index in [1.54, 1.807) is 12.1 Å². The molecule has 1 unspecified atom stereocenters. The Bertz CT molecular complexity index is 531. The zero-order valence-corrected chi connectivity index (χ0v) is 11.4. The van der Waals surface area contributed by atoms with Crippen LogP contribution in [-0.4, -0.2) is 18.4 Å². The summed E-state index contributed by atoms with van der Waals surface area (Å²) in [6, 6.07) is 3.40. The molecular weight excluding hydrogens is 266 g/mol. The first-order valence-electron chi connectivity index (χ1n) is 6.14. The van der Waals surface area contributed by atoms with Gasteiger partial charge in [0.05, 0.1) is 17.1 Å². The predicted octanol–water partition coefficient (Wildman–Crippen LogP) is 1.76. The molecule has 0 aromatic heterocycles.